The number of hydrogen-bond donors (Lipinski definition) is 1. The number of anilines is 1. The number of methoxy groups -OCH3 is 3. The van der Waals surface area contributed by atoms with Gasteiger partial charge in [-0.1, -0.05) is 0 Å². The minimum absolute atomic E-state index is 0.445. The zero-order valence-electron chi connectivity index (χ0n) is 18.2. The van der Waals surface area contributed by atoms with Gasteiger partial charge in [-0.15, -0.1) is 0 Å². The largest absolute Gasteiger partial charge is 0.496 e. The van der Waals surface area contributed by atoms with E-state index in [-0.39, 0.29) is 0 Å². The van der Waals surface area contributed by atoms with E-state index < -0.39 is 18.0 Å². The third-order valence-electron chi connectivity index (χ3n) is 4.55. The monoisotopic (exact) mass is 417 g/mol. The molecule has 2 aromatic rings. The van der Waals surface area contributed by atoms with Gasteiger partial charge in [0, 0.05) is 24.8 Å². The Hall–Kier alpha value is -3.49. The maximum absolute atomic E-state index is 12.4. The van der Waals surface area contributed by atoms with Gasteiger partial charge in [-0.2, -0.15) is 5.10 Å². The lowest BCUT2D eigenvalue weighted by Gasteiger charge is -2.13. The molecule has 0 unspecified atom stereocenters. The number of carbonyl (C=O) groups excluding carboxylic acids is 2. The topological polar surface area (TPSA) is 101 Å². The van der Waals surface area contributed by atoms with E-state index in [1.807, 2.05) is 6.92 Å². The van der Waals surface area contributed by atoms with Gasteiger partial charge >= 0.3 is 5.97 Å². The van der Waals surface area contributed by atoms with Crippen LogP contribution < -0.4 is 19.5 Å². The van der Waals surface area contributed by atoms with Crippen LogP contribution in [0.1, 0.15) is 23.9 Å². The first kappa shape index (κ1) is 22.8. The molecule has 2 rings (SSSR count). The molecule has 1 aromatic carbocycles. The number of carbonyl (C=O) groups is 2. The van der Waals surface area contributed by atoms with Gasteiger partial charge < -0.3 is 24.3 Å². The summed E-state index contributed by atoms with van der Waals surface area (Å²) in [6.07, 6.45) is 1.74. The van der Waals surface area contributed by atoms with Crippen LogP contribution in [0.2, 0.25) is 0 Å². The quantitative estimate of drug-likeness (QED) is 0.520. The van der Waals surface area contributed by atoms with Gasteiger partial charge in [-0.25, -0.2) is 4.79 Å². The van der Waals surface area contributed by atoms with Gasteiger partial charge in [0.1, 0.15) is 5.75 Å². The standard InChI is InChI=1S/C21H27N3O6/c1-12-20(13(2)24(4)23-12)22-21(26)14(3)30-19(25)9-8-15-10-17(28-6)18(29-7)11-16(15)27-5/h8-11,14H,1-7H3,(H,22,26)/b9-8+/t14-/m0/s1. The van der Waals surface area contributed by atoms with Crippen molar-refractivity contribution in [2.24, 2.45) is 7.05 Å². The lowest BCUT2D eigenvalue weighted by molar-refractivity contribution is -0.148. The Bertz CT molecular complexity index is 964. The van der Waals surface area contributed by atoms with Crippen LogP contribution in [0.5, 0.6) is 17.2 Å². The fourth-order valence-electron chi connectivity index (χ4n) is 2.79. The fourth-order valence-corrected chi connectivity index (χ4v) is 2.79. The Morgan fingerprint density at radius 2 is 1.67 bits per heavy atom. The minimum Gasteiger partial charge on any atom is -0.496 e. The van der Waals surface area contributed by atoms with Crippen molar-refractivity contribution in [1.82, 2.24) is 9.78 Å². The van der Waals surface area contributed by atoms with E-state index in [4.69, 9.17) is 18.9 Å². The molecule has 1 N–H and O–H groups in total. The van der Waals surface area contributed by atoms with Crippen molar-refractivity contribution in [2.75, 3.05) is 26.6 Å². The summed E-state index contributed by atoms with van der Waals surface area (Å²) in [6, 6.07) is 3.32. The molecule has 0 aliphatic heterocycles. The summed E-state index contributed by atoms with van der Waals surface area (Å²) in [4.78, 5) is 24.6. The molecular weight excluding hydrogens is 390 g/mol. The molecule has 9 nitrogen and oxygen atoms in total. The lowest BCUT2D eigenvalue weighted by atomic mass is 10.1. The number of ether oxygens (including phenoxy) is 4. The van der Waals surface area contributed by atoms with Crippen molar-refractivity contribution in [3.05, 3.63) is 35.2 Å². The van der Waals surface area contributed by atoms with Crippen molar-refractivity contribution in [1.29, 1.82) is 0 Å². The molecule has 0 aliphatic rings. The molecule has 0 spiro atoms. The summed E-state index contributed by atoms with van der Waals surface area (Å²) in [6.45, 7) is 5.13. The highest BCUT2D eigenvalue weighted by molar-refractivity contribution is 5.97. The summed E-state index contributed by atoms with van der Waals surface area (Å²) >= 11 is 0. The van der Waals surface area contributed by atoms with Gasteiger partial charge in [0.25, 0.3) is 5.91 Å². The third kappa shape index (κ3) is 5.11. The zero-order chi connectivity index (χ0) is 22.4. The molecule has 0 aliphatic carbocycles. The Kier molecular flexibility index (Phi) is 7.46. The predicted octanol–water partition coefficient (Wildman–Crippen LogP) is 2.65. The van der Waals surface area contributed by atoms with Crippen LogP contribution in [-0.4, -0.2) is 49.1 Å². The Morgan fingerprint density at radius 3 is 2.20 bits per heavy atom. The molecule has 0 radical (unpaired) electrons. The Balaban J connectivity index is 2.07. The zero-order valence-corrected chi connectivity index (χ0v) is 18.2. The Labute approximate surface area is 175 Å². The van der Waals surface area contributed by atoms with Crippen LogP contribution in [0.15, 0.2) is 18.2 Å². The maximum atomic E-state index is 12.4. The SMILES string of the molecule is COc1cc(OC)c(OC)cc1/C=C/C(=O)O[C@@H](C)C(=O)Nc1c(C)nn(C)c1C. The average Bonchev–Trinajstić information content (AvgIpc) is 2.97. The first-order valence-corrected chi connectivity index (χ1v) is 9.21. The molecule has 30 heavy (non-hydrogen) atoms. The second-order valence-electron chi connectivity index (χ2n) is 6.52. The van der Waals surface area contributed by atoms with Gasteiger partial charge in [0.2, 0.25) is 0 Å². The molecular formula is C21H27N3O6. The number of rotatable bonds is 8. The molecule has 1 atom stereocenters. The van der Waals surface area contributed by atoms with Gasteiger partial charge in [0.05, 0.1) is 38.4 Å². The number of aryl methyl sites for hydroxylation is 2. The van der Waals surface area contributed by atoms with E-state index in [0.717, 1.165) is 5.69 Å². The molecule has 0 bridgehead atoms. The first-order valence-electron chi connectivity index (χ1n) is 9.21. The summed E-state index contributed by atoms with van der Waals surface area (Å²) in [5.41, 5.74) is 2.68. The summed E-state index contributed by atoms with van der Waals surface area (Å²) < 4.78 is 22.7. The van der Waals surface area contributed by atoms with Crippen LogP contribution in [-0.2, 0) is 21.4 Å². The van der Waals surface area contributed by atoms with Crippen LogP contribution in [0.25, 0.3) is 6.08 Å². The van der Waals surface area contributed by atoms with Crippen molar-refractivity contribution >= 4 is 23.6 Å². The van der Waals surface area contributed by atoms with Gasteiger partial charge in [-0.05, 0) is 32.9 Å². The second kappa shape index (κ2) is 9.82. The van der Waals surface area contributed by atoms with E-state index in [9.17, 15) is 9.59 Å². The van der Waals surface area contributed by atoms with Crippen molar-refractivity contribution < 1.29 is 28.5 Å². The maximum Gasteiger partial charge on any atom is 0.331 e. The van der Waals surface area contributed by atoms with E-state index in [1.54, 1.807) is 30.8 Å². The third-order valence-corrected chi connectivity index (χ3v) is 4.55. The average molecular weight is 417 g/mol. The highest BCUT2D eigenvalue weighted by Gasteiger charge is 2.20. The van der Waals surface area contributed by atoms with Crippen molar-refractivity contribution in [3.63, 3.8) is 0 Å². The van der Waals surface area contributed by atoms with E-state index in [0.29, 0.717) is 34.2 Å². The molecule has 9 heteroatoms. The molecule has 1 aromatic heterocycles. The number of hydrogen-bond acceptors (Lipinski definition) is 7. The van der Waals surface area contributed by atoms with Crippen molar-refractivity contribution in [3.8, 4) is 17.2 Å². The predicted molar refractivity (Wildman–Crippen MR) is 112 cm³/mol. The number of aromatic nitrogens is 2. The smallest absolute Gasteiger partial charge is 0.331 e. The van der Waals surface area contributed by atoms with E-state index >= 15 is 0 Å². The molecule has 0 fully saturated rings. The fraction of sp³-hybridized carbons (Fsp3) is 0.381. The summed E-state index contributed by atoms with van der Waals surface area (Å²) in [5.74, 6) is 0.361. The molecule has 1 heterocycles. The molecule has 162 valence electrons. The van der Waals surface area contributed by atoms with Crippen molar-refractivity contribution in [2.45, 2.75) is 26.9 Å². The van der Waals surface area contributed by atoms with Crippen LogP contribution in [0.4, 0.5) is 5.69 Å². The number of nitrogens with one attached hydrogen (secondary N) is 1. The number of nitrogens with zero attached hydrogens (tertiary/aromatic N) is 2. The second-order valence-corrected chi connectivity index (χ2v) is 6.52. The van der Waals surface area contributed by atoms with E-state index in [2.05, 4.69) is 10.4 Å². The number of benzene rings is 1. The van der Waals surface area contributed by atoms with Crippen LogP contribution in [0, 0.1) is 13.8 Å². The van der Waals surface area contributed by atoms with Crippen LogP contribution >= 0.6 is 0 Å². The van der Waals surface area contributed by atoms with Crippen LogP contribution in [0.3, 0.4) is 0 Å². The number of esters is 1. The molecule has 1 amide bonds. The molecule has 0 saturated carbocycles. The number of amides is 1. The van der Waals surface area contributed by atoms with E-state index in [1.165, 1.54) is 40.4 Å². The summed E-state index contributed by atoms with van der Waals surface area (Å²) in [5, 5.41) is 6.99. The highest BCUT2D eigenvalue weighted by atomic mass is 16.5. The normalized spacial score (nSPS) is 11.8. The summed E-state index contributed by atoms with van der Waals surface area (Å²) in [7, 11) is 6.32. The lowest BCUT2D eigenvalue weighted by Crippen LogP contribution is -2.29. The minimum atomic E-state index is -0.992. The Morgan fingerprint density at radius 1 is 1.07 bits per heavy atom. The molecule has 0 saturated heterocycles. The van der Waals surface area contributed by atoms with Gasteiger partial charge in [0.15, 0.2) is 17.6 Å². The first-order chi connectivity index (χ1) is 14.2. The highest BCUT2D eigenvalue weighted by Crippen LogP contribution is 2.35. The van der Waals surface area contributed by atoms with Gasteiger partial charge in [-0.3, -0.25) is 9.48 Å².